The van der Waals surface area contributed by atoms with Gasteiger partial charge in [-0.15, -0.1) is 0 Å². The number of rotatable bonds is 5. The molecule has 1 aromatic carbocycles. The summed E-state index contributed by atoms with van der Waals surface area (Å²) in [6.07, 6.45) is 9.03. The molecule has 0 spiro atoms. The largest absolute Gasteiger partial charge is 0.351 e. The molecule has 0 unspecified atom stereocenters. The predicted molar refractivity (Wildman–Crippen MR) is 131 cm³/mol. The minimum absolute atomic E-state index is 0.0281. The van der Waals surface area contributed by atoms with Gasteiger partial charge < -0.3 is 20.1 Å². The second kappa shape index (κ2) is 8.74. The summed E-state index contributed by atoms with van der Waals surface area (Å²) in [6, 6.07) is 18.7. The van der Waals surface area contributed by atoms with Crippen LogP contribution in [0.2, 0.25) is 0 Å². The number of aromatic nitrogens is 2. The van der Waals surface area contributed by atoms with E-state index in [1.165, 1.54) is 38.3 Å². The molecule has 2 N–H and O–H groups in total. The Hall–Kier alpha value is -3.19. The number of thiocarbonyl (C=S) groups is 1. The summed E-state index contributed by atoms with van der Waals surface area (Å²) in [5.74, 6) is -0.0846. The lowest BCUT2D eigenvalue weighted by Gasteiger charge is -2.30. The second-order valence-electron chi connectivity index (χ2n) is 8.50. The summed E-state index contributed by atoms with van der Waals surface area (Å²) in [6.45, 7) is 1.51. The molecule has 7 heteroatoms. The van der Waals surface area contributed by atoms with Crippen molar-refractivity contribution in [2.45, 2.75) is 50.7 Å². The summed E-state index contributed by atoms with van der Waals surface area (Å²) < 4.78 is 2.45. The van der Waals surface area contributed by atoms with Crippen LogP contribution < -0.4 is 15.5 Å². The first kappa shape index (κ1) is 20.7. The van der Waals surface area contributed by atoms with Crippen molar-refractivity contribution in [2.24, 2.45) is 0 Å². The number of hydrogen-bond donors (Lipinski definition) is 2. The Morgan fingerprint density at radius 3 is 2.56 bits per heavy atom. The predicted octanol–water partition coefficient (Wildman–Crippen LogP) is 5.13. The molecule has 1 aliphatic carbocycles. The van der Waals surface area contributed by atoms with Gasteiger partial charge in [0.1, 0.15) is 6.04 Å². The summed E-state index contributed by atoms with van der Waals surface area (Å²) in [7, 11) is 0. The molecule has 2 atom stereocenters. The van der Waals surface area contributed by atoms with Gasteiger partial charge in [-0.05, 0) is 73.6 Å². The van der Waals surface area contributed by atoms with Gasteiger partial charge >= 0.3 is 0 Å². The van der Waals surface area contributed by atoms with E-state index in [2.05, 4.69) is 49.5 Å². The van der Waals surface area contributed by atoms with E-state index < -0.39 is 0 Å². The molecule has 1 aliphatic heterocycles. The molecular formula is C25H27N5OS. The van der Waals surface area contributed by atoms with Crippen LogP contribution in [0, 0.1) is 0 Å². The summed E-state index contributed by atoms with van der Waals surface area (Å²) in [5.41, 5.74) is 3.97. The van der Waals surface area contributed by atoms with Crippen molar-refractivity contribution >= 4 is 34.6 Å². The zero-order chi connectivity index (χ0) is 22.1. The van der Waals surface area contributed by atoms with Gasteiger partial charge in [0.15, 0.2) is 5.11 Å². The van der Waals surface area contributed by atoms with Gasteiger partial charge in [-0.25, -0.2) is 0 Å². The maximum Gasteiger partial charge on any atom is 0.221 e. The zero-order valence-electron chi connectivity index (χ0n) is 18.1. The van der Waals surface area contributed by atoms with E-state index in [1.807, 2.05) is 42.6 Å². The van der Waals surface area contributed by atoms with E-state index >= 15 is 0 Å². The normalized spacial score (nSPS) is 21.0. The monoisotopic (exact) mass is 445 g/mol. The fourth-order valence-corrected chi connectivity index (χ4v) is 5.36. The lowest BCUT2D eigenvalue weighted by molar-refractivity contribution is -0.114. The van der Waals surface area contributed by atoms with Crippen LogP contribution in [-0.2, 0) is 4.79 Å². The number of nitrogens with zero attached hydrogens (tertiary/aromatic N) is 3. The van der Waals surface area contributed by atoms with E-state index in [4.69, 9.17) is 12.2 Å². The van der Waals surface area contributed by atoms with Crippen molar-refractivity contribution in [1.29, 1.82) is 0 Å². The third-order valence-corrected chi connectivity index (χ3v) is 6.71. The number of anilines is 2. The highest BCUT2D eigenvalue weighted by Crippen LogP contribution is 2.43. The fourth-order valence-electron chi connectivity index (χ4n) is 5.01. The first-order valence-electron chi connectivity index (χ1n) is 11.2. The highest BCUT2D eigenvalue weighted by Gasteiger charge is 2.42. The smallest absolute Gasteiger partial charge is 0.221 e. The molecule has 1 saturated heterocycles. The molecule has 3 heterocycles. The van der Waals surface area contributed by atoms with Gasteiger partial charge in [-0.1, -0.05) is 18.9 Å². The molecule has 2 aliphatic rings. The third kappa shape index (κ3) is 3.88. The summed E-state index contributed by atoms with van der Waals surface area (Å²) in [4.78, 5) is 18.3. The highest BCUT2D eigenvalue weighted by atomic mass is 32.1. The van der Waals surface area contributed by atoms with Crippen LogP contribution in [0.3, 0.4) is 0 Å². The quantitative estimate of drug-likeness (QED) is 0.533. The second-order valence-corrected chi connectivity index (χ2v) is 8.89. The van der Waals surface area contributed by atoms with Crippen LogP contribution in [-0.4, -0.2) is 20.6 Å². The van der Waals surface area contributed by atoms with Crippen molar-refractivity contribution in [2.75, 3.05) is 10.2 Å². The number of pyridine rings is 1. The third-order valence-electron chi connectivity index (χ3n) is 6.40. The van der Waals surface area contributed by atoms with Gasteiger partial charge in [-0.2, -0.15) is 0 Å². The minimum atomic E-state index is -0.0846. The number of nitrogens with one attached hydrogen (secondary N) is 2. The Kier molecular flexibility index (Phi) is 5.66. The number of carbonyl (C=O) groups is 1. The maximum absolute atomic E-state index is 11.4. The molecule has 2 aromatic heterocycles. The number of benzene rings is 1. The number of hydrogen-bond acceptors (Lipinski definition) is 3. The average Bonchev–Trinajstić information content (AvgIpc) is 3.54. The van der Waals surface area contributed by atoms with E-state index in [1.54, 1.807) is 0 Å². The molecular weight excluding hydrogens is 418 g/mol. The Morgan fingerprint density at radius 1 is 1.09 bits per heavy atom. The van der Waals surface area contributed by atoms with E-state index in [0.717, 1.165) is 17.1 Å². The fraction of sp³-hybridized carbons (Fsp3) is 0.320. The number of amides is 1. The van der Waals surface area contributed by atoms with Gasteiger partial charge in [0.2, 0.25) is 5.91 Å². The Labute approximate surface area is 193 Å². The molecule has 5 rings (SSSR count). The molecule has 164 valence electrons. The van der Waals surface area contributed by atoms with Crippen molar-refractivity contribution in [3.63, 3.8) is 0 Å². The molecule has 6 nitrogen and oxygen atoms in total. The molecule has 0 bridgehead atoms. The average molecular weight is 446 g/mol. The number of carbonyl (C=O) groups excluding carboxylic acids is 1. The van der Waals surface area contributed by atoms with Crippen LogP contribution >= 0.6 is 12.2 Å². The molecule has 2 fully saturated rings. The molecule has 3 aromatic rings. The molecule has 32 heavy (non-hydrogen) atoms. The molecule has 1 amide bonds. The topological polar surface area (TPSA) is 62.2 Å². The van der Waals surface area contributed by atoms with Crippen molar-refractivity contribution < 1.29 is 4.79 Å². The lowest BCUT2D eigenvalue weighted by atomic mass is 10.00. The lowest BCUT2D eigenvalue weighted by Crippen LogP contribution is -2.30. The highest BCUT2D eigenvalue weighted by molar-refractivity contribution is 7.80. The maximum atomic E-state index is 11.4. The van der Waals surface area contributed by atoms with Gasteiger partial charge in [-0.3, -0.25) is 9.78 Å². The van der Waals surface area contributed by atoms with Gasteiger partial charge in [0.25, 0.3) is 0 Å². The Balaban J connectivity index is 1.57. The van der Waals surface area contributed by atoms with Crippen molar-refractivity contribution in [3.8, 4) is 0 Å². The van der Waals surface area contributed by atoms with E-state index in [9.17, 15) is 4.79 Å². The van der Waals surface area contributed by atoms with E-state index in [0.29, 0.717) is 11.2 Å². The Morgan fingerprint density at radius 2 is 1.88 bits per heavy atom. The van der Waals surface area contributed by atoms with Crippen LogP contribution in [0.15, 0.2) is 67.0 Å². The summed E-state index contributed by atoms with van der Waals surface area (Å²) >= 11 is 5.84. The van der Waals surface area contributed by atoms with Gasteiger partial charge in [0.05, 0.1) is 11.7 Å². The van der Waals surface area contributed by atoms with Crippen molar-refractivity contribution in [1.82, 2.24) is 14.9 Å². The van der Waals surface area contributed by atoms with Crippen molar-refractivity contribution in [3.05, 3.63) is 78.4 Å². The first-order chi connectivity index (χ1) is 15.6. The van der Waals surface area contributed by atoms with E-state index in [-0.39, 0.29) is 18.0 Å². The zero-order valence-corrected chi connectivity index (χ0v) is 18.9. The minimum Gasteiger partial charge on any atom is -0.351 e. The Bertz CT molecular complexity index is 1100. The van der Waals surface area contributed by atoms with Crippen LogP contribution in [0.4, 0.5) is 11.4 Å². The van der Waals surface area contributed by atoms with Crippen LogP contribution in [0.1, 0.15) is 62.1 Å². The molecule has 0 radical (unpaired) electrons. The van der Waals surface area contributed by atoms with Gasteiger partial charge in [0, 0.05) is 42.4 Å². The molecule has 1 saturated carbocycles. The van der Waals surface area contributed by atoms with Crippen LogP contribution in [0.5, 0.6) is 0 Å². The SMILES string of the molecule is CC(=O)Nc1ccc(N2C(=S)N[C@H](c3ccccn3)[C@H]2c2cccn2C2CCCC2)cc1. The summed E-state index contributed by atoms with van der Waals surface area (Å²) in [5, 5.41) is 7.04. The standard InChI is InChI=1S/C25H27N5OS/c1-17(31)27-18-11-13-20(14-12-18)30-24(22-10-6-16-29(22)19-7-2-3-8-19)23(28-25(30)32)21-9-4-5-15-26-21/h4-6,9-16,19,23-24H,2-3,7-8H2,1H3,(H,27,31)(H,28,32)/t23-,24-/m1/s1. The van der Waals surface area contributed by atoms with Crippen LogP contribution in [0.25, 0.3) is 0 Å². The first-order valence-corrected chi connectivity index (χ1v) is 11.6.